The lowest BCUT2D eigenvalue weighted by Gasteiger charge is -2.23. The molecule has 1 saturated heterocycles. The second-order valence-corrected chi connectivity index (χ2v) is 6.61. The maximum atomic E-state index is 12.5. The van der Waals surface area contributed by atoms with Gasteiger partial charge in [0.2, 0.25) is 0 Å². The number of rotatable bonds is 5. The first-order valence-corrected chi connectivity index (χ1v) is 8.18. The van der Waals surface area contributed by atoms with Gasteiger partial charge in [-0.2, -0.15) is 0 Å². The molecule has 1 aromatic carbocycles. The zero-order valence-electron chi connectivity index (χ0n) is 14.1. The van der Waals surface area contributed by atoms with Crippen LogP contribution in [0, 0.1) is 12.8 Å². The number of hydrogen-bond acceptors (Lipinski definition) is 3. The molecule has 22 heavy (non-hydrogen) atoms. The largest absolute Gasteiger partial charge is 0.481 e. The van der Waals surface area contributed by atoms with Gasteiger partial charge >= 0.3 is 0 Å². The van der Waals surface area contributed by atoms with Crippen LogP contribution in [0.3, 0.4) is 0 Å². The fraction of sp³-hybridized carbons (Fsp3) is 0.611. The molecular weight excluding hydrogens is 276 g/mol. The van der Waals surface area contributed by atoms with E-state index in [2.05, 4.69) is 32.0 Å². The lowest BCUT2D eigenvalue weighted by molar-refractivity contribution is -0.137. The first-order chi connectivity index (χ1) is 10.4. The van der Waals surface area contributed by atoms with Crippen molar-refractivity contribution in [2.75, 3.05) is 19.6 Å². The van der Waals surface area contributed by atoms with Crippen LogP contribution in [0.1, 0.15) is 44.2 Å². The standard InChI is InChI=1S/C18H28N2O2/c1-12(2)16-6-5-13(3)17(9-16)22-14(4)18(21)20-8-7-15(10-19)11-20/h5-6,9,12,14-15H,7-8,10-11,19H2,1-4H3. The number of aryl methyl sites for hydroxylation is 1. The number of likely N-dealkylation sites (tertiary alicyclic amines) is 1. The van der Waals surface area contributed by atoms with Gasteiger partial charge in [-0.1, -0.05) is 26.0 Å². The second-order valence-electron chi connectivity index (χ2n) is 6.61. The van der Waals surface area contributed by atoms with Crippen molar-refractivity contribution in [3.05, 3.63) is 29.3 Å². The van der Waals surface area contributed by atoms with Gasteiger partial charge in [0.25, 0.3) is 5.91 Å². The number of carbonyl (C=O) groups is 1. The Kier molecular flexibility index (Phi) is 5.46. The van der Waals surface area contributed by atoms with Crippen molar-refractivity contribution in [3.8, 4) is 5.75 Å². The van der Waals surface area contributed by atoms with Crippen LogP contribution in [0.25, 0.3) is 0 Å². The van der Waals surface area contributed by atoms with Crippen LogP contribution in [-0.2, 0) is 4.79 Å². The van der Waals surface area contributed by atoms with Crippen molar-refractivity contribution >= 4 is 5.91 Å². The Morgan fingerprint density at radius 2 is 2.14 bits per heavy atom. The molecule has 0 spiro atoms. The highest BCUT2D eigenvalue weighted by atomic mass is 16.5. The third kappa shape index (κ3) is 3.80. The molecule has 2 atom stereocenters. The van der Waals surface area contributed by atoms with E-state index in [0.717, 1.165) is 30.8 Å². The van der Waals surface area contributed by atoms with Crippen molar-refractivity contribution in [3.63, 3.8) is 0 Å². The summed E-state index contributed by atoms with van der Waals surface area (Å²) in [4.78, 5) is 14.4. The van der Waals surface area contributed by atoms with Gasteiger partial charge < -0.3 is 15.4 Å². The van der Waals surface area contributed by atoms with E-state index >= 15 is 0 Å². The van der Waals surface area contributed by atoms with Gasteiger partial charge in [-0.25, -0.2) is 0 Å². The monoisotopic (exact) mass is 304 g/mol. The Morgan fingerprint density at radius 3 is 2.73 bits per heavy atom. The van der Waals surface area contributed by atoms with E-state index in [4.69, 9.17) is 10.5 Å². The molecule has 4 nitrogen and oxygen atoms in total. The van der Waals surface area contributed by atoms with Crippen LogP contribution in [0.4, 0.5) is 0 Å². The maximum absolute atomic E-state index is 12.5. The molecule has 1 fully saturated rings. The lowest BCUT2D eigenvalue weighted by Crippen LogP contribution is -2.39. The second kappa shape index (κ2) is 7.14. The van der Waals surface area contributed by atoms with Crippen molar-refractivity contribution in [1.82, 2.24) is 4.90 Å². The summed E-state index contributed by atoms with van der Waals surface area (Å²) in [6.07, 6.45) is 0.536. The Labute approximate surface area is 133 Å². The highest BCUT2D eigenvalue weighted by Gasteiger charge is 2.29. The van der Waals surface area contributed by atoms with E-state index < -0.39 is 6.10 Å². The molecule has 0 radical (unpaired) electrons. The number of ether oxygens (including phenoxy) is 1. The number of benzene rings is 1. The summed E-state index contributed by atoms with van der Waals surface area (Å²) >= 11 is 0. The molecule has 1 aromatic rings. The third-order valence-corrected chi connectivity index (χ3v) is 4.46. The van der Waals surface area contributed by atoms with Gasteiger partial charge in [-0.15, -0.1) is 0 Å². The highest BCUT2D eigenvalue weighted by molar-refractivity contribution is 5.81. The maximum Gasteiger partial charge on any atom is 0.263 e. The SMILES string of the molecule is Cc1ccc(C(C)C)cc1OC(C)C(=O)N1CCC(CN)C1. The summed E-state index contributed by atoms with van der Waals surface area (Å²) in [5.74, 6) is 1.74. The van der Waals surface area contributed by atoms with Crippen molar-refractivity contribution in [2.45, 2.75) is 46.1 Å². The van der Waals surface area contributed by atoms with Gasteiger partial charge in [-0.05, 0) is 55.8 Å². The molecular formula is C18H28N2O2. The first-order valence-electron chi connectivity index (χ1n) is 8.18. The molecule has 1 amide bonds. The molecule has 1 aliphatic heterocycles. The van der Waals surface area contributed by atoms with Crippen molar-refractivity contribution in [1.29, 1.82) is 0 Å². The van der Waals surface area contributed by atoms with Gasteiger partial charge in [0.05, 0.1) is 0 Å². The van der Waals surface area contributed by atoms with Crippen LogP contribution in [0.2, 0.25) is 0 Å². The molecule has 0 aliphatic carbocycles. The molecule has 2 N–H and O–H groups in total. The summed E-state index contributed by atoms with van der Waals surface area (Å²) in [5.41, 5.74) is 7.98. The molecule has 2 rings (SSSR count). The minimum absolute atomic E-state index is 0.0605. The summed E-state index contributed by atoms with van der Waals surface area (Å²) in [5, 5.41) is 0. The van der Waals surface area contributed by atoms with Crippen LogP contribution in [0.15, 0.2) is 18.2 Å². The van der Waals surface area contributed by atoms with E-state index in [1.807, 2.05) is 18.7 Å². The average molecular weight is 304 g/mol. The van der Waals surface area contributed by atoms with Crippen molar-refractivity contribution in [2.24, 2.45) is 11.7 Å². The Bertz CT molecular complexity index is 528. The predicted molar refractivity (Wildman–Crippen MR) is 89.1 cm³/mol. The molecule has 122 valence electrons. The number of nitrogens with two attached hydrogens (primary N) is 1. The minimum atomic E-state index is -0.461. The zero-order chi connectivity index (χ0) is 16.3. The molecule has 1 heterocycles. The minimum Gasteiger partial charge on any atom is -0.481 e. The average Bonchev–Trinajstić information content (AvgIpc) is 2.97. The summed E-state index contributed by atoms with van der Waals surface area (Å²) in [6, 6.07) is 6.23. The molecule has 0 aromatic heterocycles. The molecule has 0 saturated carbocycles. The number of amides is 1. The smallest absolute Gasteiger partial charge is 0.263 e. The van der Waals surface area contributed by atoms with Crippen LogP contribution >= 0.6 is 0 Å². The third-order valence-electron chi connectivity index (χ3n) is 4.46. The summed E-state index contributed by atoms with van der Waals surface area (Å²) in [6.45, 7) is 10.3. The van der Waals surface area contributed by atoms with Gasteiger partial charge in [-0.3, -0.25) is 4.79 Å². The summed E-state index contributed by atoms with van der Waals surface area (Å²) < 4.78 is 5.96. The Hall–Kier alpha value is -1.55. The molecule has 2 unspecified atom stereocenters. The number of hydrogen-bond donors (Lipinski definition) is 1. The topological polar surface area (TPSA) is 55.6 Å². The number of carbonyl (C=O) groups excluding carboxylic acids is 1. The Morgan fingerprint density at radius 1 is 1.41 bits per heavy atom. The van der Waals surface area contributed by atoms with E-state index in [-0.39, 0.29) is 5.91 Å². The molecule has 4 heteroatoms. The molecule has 1 aliphatic rings. The van der Waals surface area contributed by atoms with Crippen molar-refractivity contribution < 1.29 is 9.53 Å². The fourth-order valence-corrected chi connectivity index (χ4v) is 2.83. The quantitative estimate of drug-likeness (QED) is 0.910. The molecule has 0 bridgehead atoms. The van der Waals surface area contributed by atoms with Crippen LogP contribution in [-0.4, -0.2) is 36.5 Å². The Balaban J connectivity index is 2.04. The van der Waals surface area contributed by atoms with Crippen LogP contribution < -0.4 is 10.5 Å². The summed E-state index contributed by atoms with van der Waals surface area (Å²) in [7, 11) is 0. The highest BCUT2D eigenvalue weighted by Crippen LogP contribution is 2.26. The predicted octanol–water partition coefficient (Wildman–Crippen LogP) is 2.69. The van der Waals surface area contributed by atoms with Crippen LogP contribution in [0.5, 0.6) is 5.75 Å². The van der Waals surface area contributed by atoms with Gasteiger partial charge in [0, 0.05) is 13.1 Å². The van der Waals surface area contributed by atoms with Gasteiger partial charge in [0.1, 0.15) is 5.75 Å². The lowest BCUT2D eigenvalue weighted by atomic mass is 10.0. The van der Waals surface area contributed by atoms with E-state index in [0.29, 0.717) is 18.4 Å². The first kappa shape index (κ1) is 16.8. The van der Waals surface area contributed by atoms with E-state index in [9.17, 15) is 4.79 Å². The van der Waals surface area contributed by atoms with Gasteiger partial charge in [0.15, 0.2) is 6.10 Å². The number of nitrogens with zero attached hydrogens (tertiary/aromatic N) is 1. The fourth-order valence-electron chi connectivity index (χ4n) is 2.83. The normalized spacial score (nSPS) is 19.5. The van der Waals surface area contributed by atoms with E-state index in [1.54, 1.807) is 0 Å². The van der Waals surface area contributed by atoms with E-state index in [1.165, 1.54) is 5.56 Å². The zero-order valence-corrected chi connectivity index (χ0v) is 14.1.